The van der Waals surface area contributed by atoms with Crippen molar-refractivity contribution in [3.63, 3.8) is 0 Å². The van der Waals surface area contributed by atoms with Crippen LogP contribution in [-0.2, 0) is 10.3 Å². The van der Waals surface area contributed by atoms with Gasteiger partial charge in [-0.05, 0) is 56.2 Å². The van der Waals surface area contributed by atoms with Gasteiger partial charge in [-0.3, -0.25) is 9.78 Å². The topological polar surface area (TPSA) is 77.2 Å². The molecule has 0 unspecified atom stereocenters. The summed E-state index contributed by atoms with van der Waals surface area (Å²) in [6.07, 6.45) is 5.20. The van der Waals surface area contributed by atoms with Crippen LogP contribution in [0.3, 0.4) is 0 Å². The van der Waals surface area contributed by atoms with Crippen molar-refractivity contribution in [2.45, 2.75) is 52.5 Å². The summed E-state index contributed by atoms with van der Waals surface area (Å²) in [6, 6.07) is 3.69. The molecule has 2 rings (SSSR count). The van der Waals surface area contributed by atoms with Crippen molar-refractivity contribution in [1.29, 1.82) is 0 Å². The summed E-state index contributed by atoms with van der Waals surface area (Å²) in [5.41, 5.74) is 8.84. The molecule has 1 aromatic rings. The Labute approximate surface area is 151 Å². The number of amides is 1. The average Bonchev–Trinajstić information content (AvgIpc) is 2.54. The van der Waals surface area contributed by atoms with Crippen molar-refractivity contribution in [2.75, 3.05) is 20.3 Å². The lowest BCUT2D eigenvalue weighted by molar-refractivity contribution is 0.0999. The second kappa shape index (κ2) is 7.67. The molecule has 1 aliphatic carbocycles. The third-order valence-corrected chi connectivity index (χ3v) is 4.95. The lowest BCUT2D eigenvalue weighted by atomic mass is 9.77. The van der Waals surface area contributed by atoms with Crippen LogP contribution in [0.5, 0.6) is 0 Å². The van der Waals surface area contributed by atoms with E-state index in [1.165, 1.54) is 0 Å². The smallest absolute Gasteiger partial charge is 0.250 e. The Bertz CT molecular complexity index is 663. The number of hydrogen-bond donors (Lipinski definition) is 2. The van der Waals surface area contributed by atoms with Crippen LogP contribution in [0.1, 0.15) is 68.7 Å². The van der Waals surface area contributed by atoms with Crippen molar-refractivity contribution >= 4 is 11.5 Å². The largest absolute Gasteiger partial charge is 0.383 e. The molecule has 0 spiro atoms. The summed E-state index contributed by atoms with van der Waals surface area (Å²) in [5.74, 6) is -0.426. The Kier molecular flexibility index (Phi) is 6.01. The first-order valence-electron chi connectivity index (χ1n) is 8.91. The van der Waals surface area contributed by atoms with E-state index in [-0.39, 0.29) is 5.54 Å². The molecule has 5 nitrogen and oxygen atoms in total. The number of primary amides is 1. The number of aromatic nitrogens is 1. The predicted octanol–water partition coefficient (Wildman–Crippen LogP) is 3.25. The van der Waals surface area contributed by atoms with Crippen molar-refractivity contribution in [2.24, 2.45) is 11.1 Å². The van der Waals surface area contributed by atoms with Crippen LogP contribution in [0.2, 0.25) is 0 Å². The number of rotatable bonds is 7. The molecule has 1 aromatic heterocycles. The van der Waals surface area contributed by atoms with Crippen LogP contribution in [-0.4, -0.2) is 31.2 Å². The zero-order valence-electron chi connectivity index (χ0n) is 16.1. The van der Waals surface area contributed by atoms with Crippen LogP contribution in [0.4, 0.5) is 0 Å². The van der Waals surface area contributed by atoms with E-state index in [9.17, 15) is 4.79 Å². The summed E-state index contributed by atoms with van der Waals surface area (Å²) in [6.45, 7) is 10.1. The van der Waals surface area contributed by atoms with Crippen LogP contribution < -0.4 is 11.1 Å². The van der Waals surface area contributed by atoms with Gasteiger partial charge in [-0.2, -0.15) is 0 Å². The van der Waals surface area contributed by atoms with Crippen molar-refractivity contribution in [3.8, 4) is 0 Å². The molecule has 1 heterocycles. The fourth-order valence-electron chi connectivity index (χ4n) is 3.10. The van der Waals surface area contributed by atoms with Crippen molar-refractivity contribution in [1.82, 2.24) is 10.3 Å². The lowest BCUT2D eigenvalue weighted by Crippen LogP contribution is -2.39. The van der Waals surface area contributed by atoms with Gasteiger partial charge in [-0.1, -0.05) is 19.9 Å². The maximum Gasteiger partial charge on any atom is 0.250 e. The van der Waals surface area contributed by atoms with E-state index in [0.717, 1.165) is 42.8 Å². The number of methoxy groups -OCH3 is 1. The third-order valence-electron chi connectivity index (χ3n) is 4.95. The molecular weight excluding hydrogens is 314 g/mol. The van der Waals surface area contributed by atoms with E-state index in [1.807, 2.05) is 6.07 Å². The molecule has 1 aliphatic rings. The summed E-state index contributed by atoms with van der Waals surface area (Å²) in [5, 5.41) is 3.44. The Morgan fingerprint density at radius 3 is 2.68 bits per heavy atom. The number of allylic oxidation sites excluding steroid dienone is 2. The van der Waals surface area contributed by atoms with Gasteiger partial charge in [-0.15, -0.1) is 0 Å². The first-order chi connectivity index (χ1) is 11.7. The maximum absolute atomic E-state index is 11.9. The molecule has 0 bridgehead atoms. The number of nitrogens with two attached hydrogens (primary N) is 1. The standard InChI is InChI=1S/C20H31N3O2/c1-19(2)10-8-14(9-11-19)17-15(18(21)24)6-7-16(23-17)20(3,4)22-12-13-25-5/h6-8,22H,9-13H2,1-5H3,(H2,21,24). The highest BCUT2D eigenvalue weighted by atomic mass is 16.5. The third kappa shape index (κ3) is 4.89. The van der Waals surface area contributed by atoms with Gasteiger partial charge in [0.1, 0.15) is 0 Å². The Hall–Kier alpha value is -1.72. The minimum Gasteiger partial charge on any atom is -0.383 e. The van der Waals surface area contributed by atoms with Crippen LogP contribution in [0.15, 0.2) is 18.2 Å². The van der Waals surface area contributed by atoms with Crippen molar-refractivity contribution in [3.05, 3.63) is 35.2 Å². The van der Waals surface area contributed by atoms with E-state index in [1.54, 1.807) is 13.2 Å². The Morgan fingerprint density at radius 2 is 2.12 bits per heavy atom. The second-order valence-electron chi connectivity index (χ2n) is 8.10. The van der Waals surface area contributed by atoms with Gasteiger partial charge in [0, 0.05) is 13.7 Å². The quantitative estimate of drug-likeness (QED) is 0.744. The normalized spacial score (nSPS) is 17.2. The van der Waals surface area contributed by atoms with Gasteiger partial charge in [-0.25, -0.2) is 0 Å². The molecule has 0 radical (unpaired) electrons. The molecule has 0 saturated carbocycles. The molecule has 0 saturated heterocycles. The summed E-state index contributed by atoms with van der Waals surface area (Å²) < 4.78 is 5.11. The average molecular weight is 345 g/mol. The molecule has 3 N–H and O–H groups in total. The van der Waals surface area contributed by atoms with Crippen LogP contribution >= 0.6 is 0 Å². The van der Waals surface area contributed by atoms with E-state index >= 15 is 0 Å². The number of carbonyl (C=O) groups excluding carboxylic acids is 1. The first kappa shape index (κ1) is 19.6. The first-order valence-corrected chi connectivity index (χ1v) is 8.91. The zero-order chi connectivity index (χ0) is 18.7. The molecule has 0 fully saturated rings. The number of nitrogens with zero attached hydrogens (tertiary/aromatic N) is 1. The zero-order valence-corrected chi connectivity index (χ0v) is 16.1. The summed E-state index contributed by atoms with van der Waals surface area (Å²) >= 11 is 0. The highest BCUT2D eigenvalue weighted by Crippen LogP contribution is 2.38. The molecule has 138 valence electrons. The van der Waals surface area contributed by atoms with Gasteiger partial charge in [0.25, 0.3) is 5.91 Å². The summed E-state index contributed by atoms with van der Waals surface area (Å²) in [7, 11) is 1.68. The molecule has 0 aliphatic heterocycles. The van der Waals surface area contributed by atoms with Gasteiger partial charge in [0.2, 0.25) is 0 Å². The SMILES string of the molecule is COCCNC(C)(C)c1ccc(C(N)=O)c(C2=CCC(C)(C)CC2)n1. The molecular formula is C20H31N3O2. The monoisotopic (exact) mass is 345 g/mol. The van der Waals surface area contributed by atoms with Gasteiger partial charge in [0.05, 0.1) is 29.1 Å². The Balaban J connectivity index is 2.37. The van der Waals surface area contributed by atoms with E-state index in [2.05, 4.69) is 39.1 Å². The predicted molar refractivity (Wildman–Crippen MR) is 101 cm³/mol. The molecule has 5 heteroatoms. The fourth-order valence-corrected chi connectivity index (χ4v) is 3.10. The van der Waals surface area contributed by atoms with Crippen LogP contribution in [0.25, 0.3) is 5.57 Å². The van der Waals surface area contributed by atoms with Gasteiger partial charge < -0.3 is 15.8 Å². The number of carbonyl (C=O) groups is 1. The number of pyridine rings is 1. The van der Waals surface area contributed by atoms with E-state index < -0.39 is 5.91 Å². The highest BCUT2D eigenvalue weighted by Gasteiger charge is 2.27. The highest BCUT2D eigenvalue weighted by molar-refractivity contribution is 5.97. The minimum atomic E-state index is -0.426. The maximum atomic E-state index is 11.9. The fraction of sp³-hybridized carbons (Fsp3) is 0.600. The second-order valence-corrected chi connectivity index (χ2v) is 8.10. The molecule has 1 amide bonds. The van der Waals surface area contributed by atoms with E-state index in [4.69, 9.17) is 15.5 Å². The number of hydrogen-bond acceptors (Lipinski definition) is 4. The molecule has 0 aromatic carbocycles. The molecule has 25 heavy (non-hydrogen) atoms. The van der Waals surface area contributed by atoms with Gasteiger partial charge >= 0.3 is 0 Å². The minimum absolute atomic E-state index is 0.301. The van der Waals surface area contributed by atoms with Crippen LogP contribution in [0, 0.1) is 5.41 Å². The van der Waals surface area contributed by atoms with E-state index in [0.29, 0.717) is 17.6 Å². The lowest BCUT2D eigenvalue weighted by Gasteiger charge is -2.30. The van der Waals surface area contributed by atoms with Crippen molar-refractivity contribution < 1.29 is 9.53 Å². The van der Waals surface area contributed by atoms with Gasteiger partial charge in [0.15, 0.2) is 0 Å². The Morgan fingerprint density at radius 1 is 1.40 bits per heavy atom. The number of nitrogens with one attached hydrogen (secondary N) is 1. The molecule has 0 atom stereocenters. The summed E-state index contributed by atoms with van der Waals surface area (Å²) in [4.78, 5) is 16.7. The number of ether oxygens (including phenoxy) is 1.